The highest BCUT2D eigenvalue weighted by Crippen LogP contribution is 2.49. The van der Waals surface area contributed by atoms with Crippen LogP contribution < -0.4 is 5.32 Å². The predicted molar refractivity (Wildman–Crippen MR) is 62.7 cm³/mol. The summed E-state index contributed by atoms with van der Waals surface area (Å²) in [6.07, 6.45) is 8.88. The Hall–Kier alpha value is 0.310. The van der Waals surface area contributed by atoms with E-state index in [1.165, 1.54) is 50.0 Å². The van der Waals surface area contributed by atoms with Gasteiger partial charge in [0, 0.05) is 17.8 Å². The lowest BCUT2D eigenvalue weighted by molar-refractivity contribution is 0.320. The molecule has 0 aromatic carbocycles. The summed E-state index contributed by atoms with van der Waals surface area (Å²) in [7, 11) is 0. The molecule has 4 atom stereocenters. The molecule has 4 unspecified atom stereocenters. The summed E-state index contributed by atoms with van der Waals surface area (Å²) < 4.78 is 0. The van der Waals surface area contributed by atoms with Gasteiger partial charge in [-0.05, 0) is 43.3 Å². The summed E-state index contributed by atoms with van der Waals surface area (Å²) in [6.45, 7) is 0. The Morgan fingerprint density at radius 3 is 2.93 bits per heavy atom. The van der Waals surface area contributed by atoms with Gasteiger partial charge in [-0.2, -0.15) is 11.8 Å². The SMILES string of the molecule is C1CSCC(NC2CCCC3CC32)C1. The van der Waals surface area contributed by atoms with Crippen LogP contribution in [-0.4, -0.2) is 23.6 Å². The molecule has 3 rings (SSSR count). The van der Waals surface area contributed by atoms with Gasteiger partial charge < -0.3 is 5.32 Å². The van der Waals surface area contributed by atoms with Gasteiger partial charge in [-0.1, -0.05) is 12.8 Å². The van der Waals surface area contributed by atoms with E-state index in [2.05, 4.69) is 17.1 Å². The number of rotatable bonds is 2. The van der Waals surface area contributed by atoms with E-state index in [1.54, 1.807) is 0 Å². The Bertz CT molecular complexity index is 200. The molecule has 1 saturated heterocycles. The predicted octanol–water partition coefficient (Wildman–Crippen LogP) is 2.66. The quantitative estimate of drug-likeness (QED) is 0.753. The normalized spacial score (nSPS) is 47.1. The fraction of sp³-hybridized carbons (Fsp3) is 1.00. The van der Waals surface area contributed by atoms with E-state index in [1.807, 2.05) is 0 Å². The maximum Gasteiger partial charge on any atom is 0.0161 e. The maximum atomic E-state index is 3.93. The number of hydrogen-bond acceptors (Lipinski definition) is 2. The summed E-state index contributed by atoms with van der Waals surface area (Å²) in [4.78, 5) is 0. The zero-order chi connectivity index (χ0) is 9.38. The van der Waals surface area contributed by atoms with E-state index >= 15 is 0 Å². The van der Waals surface area contributed by atoms with Crippen LogP contribution in [0.1, 0.15) is 38.5 Å². The molecule has 3 fully saturated rings. The lowest BCUT2D eigenvalue weighted by atomic mass is 9.94. The number of thioether (sulfide) groups is 1. The largest absolute Gasteiger partial charge is 0.310 e. The molecule has 0 spiro atoms. The molecule has 1 nitrogen and oxygen atoms in total. The van der Waals surface area contributed by atoms with Crippen molar-refractivity contribution < 1.29 is 0 Å². The van der Waals surface area contributed by atoms with Crippen LogP contribution in [0.25, 0.3) is 0 Å². The van der Waals surface area contributed by atoms with Crippen LogP contribution in [0.4, 0.5) is 0 Å². The van der Waals surface area contributed by atoms with Crippen molar-refractivity contribution in [2.24, 2.45) is 11.8 Å². The van der Waals surface area contributed by atoms with Gasteiger partial charge in [0.2, 0.25) is 0 Å². The molecule has 2 heteroatoms. The van der Waals surface area contributed by atoms with Crippen LogP contribution in [0.15, 0.2) is 0 Å². The Balaban J connectivity index is 1.50. The first-order chi connectivity index (χ1) is 6.93. The summed E-state index contributed by atoms with van der Waals surface area (Å²) in [5.74, 6) is 4.97. The zero-order valence-electron chi connectivity index (χ0n) is 8.87. The molecule has 0 amide bonds. The Labute approximate surface area is 91.4 Å². The minimum atomic E-state index is 0.845. The minimum absolute atomic E-state index is 0.845. The monoisotopic (exact) mass is 211 g/mol. The smallest absolute Gasteiger partial charge is 0.0161 e. The first kappa shape index (κ1) is 9.53. The molecular formula is C12H21NS. The molecule has 0 radical (unpaired) electrons. The van der Waals surface area contributed by atoms with Crippen molar-refractivity contribution in [2.75, 3.05) is 11.5 Å². The topological polar surface area (TPSA) is 12.0 Å². The van der Waals surface area contributed by atoms with Gasteiger partial charge in [-0.15, -0.1) is 0 Å². The third kappa shape index (κ3) is 1.96. The van der Waals surface area contributed by atoms with Crippen LogP contribution in [0.5, 0.6) is 0 Å². The average Bonchev–Trinajstić information content (AvgIpc) is 2.99. The maximum absolute atomic E-state index is 3.93. The highest BCUT2D eigenvalue weighted by Gasteiger charge is 2.45. The molecule has 2 aliphatic carbocycles. The van der Waals surface area contributed by atoms with E-state index in [0.29, 0.717) is 0 Å². The van der Waals surface area contributed by atoms with Crippen LogP contribution >= 0.6 is 11.8 Å². The van der Waals surface area contributed by atoms with Crippen molar-refractivity contribution in [3.63, 3.8) is 0 Å². The molecule has 3 aliphatic rings. The van der Waals surface area contributed by atoms with E-state index in [0.717, 1.165) is 23.9 Å². The third-order valence-corrected chi connectivity index (χ3v) is 5.41. The lowest BCUT2D eigenvalue weighted by Crippen LogP contribution is -2.43. The fourth-order valence-electron chi connectivity index (χ4n) is 3.29. The van der Waals surface area contributed by atoms with Crippen LogP contribution in [0, 0.1) is 11.8 Å². The molecule has 14 heavy (non-hydrogen) atoms. The molecule has 1 heterocycles. The molecule has 0 aromatic rings. The Morgan fingerprint density at radius 2 is 2.07 bits per heavy atom. The summed E-state index contributed by atoms with van der Waals surface area (Å²) in [6, 6.07) is 1.75. The molecule has 2 saturated carbocycles. The number of nitrogens with one attached hydrogen (secondary N) is 1. The summed E-state index contributed by atoms with van der Waals surface area (Å²) in [5.41, 5.74) is 0. The van der Waals surface area contributed by atoms with Gasteiger partial charge in [0.15, 0.2) is 0 Å². The Morgan fingerprint density at radius 1 is 1.07 bits per heavy atom. The van der Waals surface area contributed by atoms with Gasteiger partial charge >= 0.3 is 0 Å². The lowest BCUT2D eigenvalue weighted by Gasteiger charge is -2.30. The van der Waals surface area contributed by atoms with Crippen molar-refractivity contribution in [3.8, 4) is 0 Å². The van der Waals surface area contributed by atoms with Gasteiger partial charge in [0.25, 0.3) is 0 Å². The highest BCUT2D eigenvalue weighted by atomic mass is 32.2. The van der Waals surface area contributed by atoms with Crippen LogP contribution in [0.3, 0.4) is 0 Å². The molecule has 1 N–H and O–H groups in total. The van der Waals surface area contributed by atoms with Gasteiger partial charge in [0.05, 0.1) is 0 Å². The molecule has 0 aromatic heterocycles. The third-order valence-electron chi connectivity index (χ3n) is 4.19. The van der Waals surface area contributed by atoms with Gasteiger partial charge in [-0.25, -0.2) is 0 Å². The standard InChI is InChI=1S/C12H21NS/c1-3-9-7-11(9)12(5-1)13-10-4-2-6-14-8-10/h9-13H,1-8H2. The highest BCUT2D eigenvalue weighted by molar-refractivity contribution is 7.99. The van der Waals surface area contributed by atoms with Crippen molar-refractivity contribution in [3.05, 3.63) is 0 Å². The minimum Gasteiger partial charge on any atom is -0.310 e. The number of hydrogen-bond donors (Lipinski definition) is 1. The second-order valence-corrected chi connectivity index (χ2v) is 6.43. The van der Waals surface area contributed by atoms with E-state index in [4.69, 9.17) is 0 Å². The second kappa shape index (κ2) is 4.05. The van der Waals surface area contributed by atoms with E-state index in [9.17, 15) is 0 Å². The van der Waals surface area contributed by atoms with Crippen molar-refractivity contribution in [2.45, 2.75) is 50.6 Å². The average molecular weight is 211 g/mol. The van der Waals surface area contributed by atoms with Crippen molar-refractivity contribution >= 4 is 11.8 Å². The molecule has 0 bridgehead atoms. The van der Waals surface area contributed by atoms with Crippen molar-refractivity contribution in [1.29, 1.82) is 0 Å². The fourth-order valence-corrected chi connectivity index (χ4v) is 4.38. The van der Waals surface area contributed by atoms with Crippen molar-refractivity contribution in [1.82, 2.24) is 5.32 Å². The first-order valence-corrected chi connectivity index (χ1v) is 7.43. The second-order valence-electron chi connectivity index (χ2n) is 5.28. The number of fused-ring (bicyclic) bond motifs is 1. The molecule has 1 aliphatic heterocycles. The first-order valence-electron chi connectivity index (χ1n) is 6.27. The summed E-state index contributed by atoms with van der Waals surface area (Å²) in [5, 5.41) is 3.93. The van der Waals surface area contributed by atoms with E-state index in [-0.39, 0.29) is 0 Å². The Kier molecular flexibility index (Phi) is 2.76. The van der Waals surface area contributed by atoms with Gasteiger partial charge in [0.1, 0.15) is 0 Å². The molecular weight excluding hydrogens is 190 g/mol. The van der Waals surface area contributed by atoms with Crippen LogP contribution in [-0.2, 0) is 0 Å². The van der Waals surface area contributed by atoms with Gasteiger partial charge in [-0.3, -0.25) is 0 Å². The summed E-state index contributed by atoms with van der Waals surface area (Å²) >= 11 is 2.14. The van der Waals surface area contributed by atoms with Crippen LogP contribution in [0.2, 0.25) is 0 Å². The molecule has 80 valence electrons. The van der Waals surface area contributed by atoms with E-state index < -0.39 is 0 Å². The zero-order valence-corrected chi connectivity index (χ0v) is 9.69.